The number of rotatable bonds is 5. The first-order valence-corrected chi connectivity index (χ1v) is 4.88. The molecule has 0 aliphatic heterocycles. The van der Waals surface area contributed by atoms with Gasteiger partial charge in [0.05, 0.1) is 6.61 Å². The number of carbonyl (C=O) groups is 1. The molecule has 0 N–H and O–H groups in total. The first kappa shape index (κ1) is 11.5. The summed E-state index contributed by atoms with van der Waals surface area (Å²) < 4.78 is 4.93. The van der Waals surface area contributed by atoms with Crippen LogP contribution in [0.4, 0.5) is 0 Å². The summed E-state index contributed by atoms with van der Waals surface area (Å²) in [6.07, 6.45) is 2.74. The SMILES string of the molecule is C=C(C)C(=O)OC[CH]Cc1ccccc1. The molecule has 0 aromatic heterocycles. The number of carbonyl (C=O) groups excluding carboxylic acids is 1. The normalized spacial score (nSPS) is 9.67. The van der Waals surface area contributed by atoms with Gasteiger partial charge in [0.2, 0.25) is 0 Å². The second-order valence-electron chi connectivity index (χ2n) is 3.36. The van der Waals surface area contributed by atoms with E-state index in [4.69, 9.17) is 4.74 Å². The molecule has 0 bridgehead atoms. The summed E-state index contributed by atoms with van der Waals surface area (Å²) in [6, 6.07) is 10.0. The van der Waals surface area contributed by atoms with Crippen LogP contribution in [0, 0.1) is 6.42 Å². The Hall–Kier alpha value is -1.57. The molecule has 0 fully saturated rings. The van der Waals surface area contributed by atoms with E-state index < -0.39 is 0 Å². The van der Waals surface area contributed by atoms with Gasteiger partial charge in [0.1, 0.15) is 0 Å². The second-order valence-corrected chi connectivity index (χ2v) is 3.36. The Morgan fingerprint density at radius 3 is 2.67 bits per heavy atom. The maximum absolute atomic E-state index is 11.0. The number of hydrogen-bond acceptors (Lipinski definition) is 2. The molecule has 0 heterocycles. The molecule has 1 aromatic rings. The van der Waals surface area contributed by atoms with E-state index in [2.05, 4.69) is 6.58 Å². The van der Waals surface area contributed by atoms with Gasteiger partial charge in [-0.15, -0.1) is 0 Å². The Kier molecular flexibility index (Phi) is 4.61. The quantitative estimate of drug-likeness (QED) is 0.417. The first-order chi connectivity index (χ1) is 7.20. The minimum atomic E-state index is -0.334. The standard InChI is InChI=1S/C13H15O2/c1-11(2)13(14)15-10-6-9-12-7-4-3-5-8-12/h3-8H,1,9-10H2,2H3. The molecule has 2 nitrogen and oxygen atoms in total. The van der Waals surface area contributed by atoms with Crippen molar-refractivity contribution in [2.45, 2.75) is 13.3 Å². The van der Waals surface area contributed by atoms with Crippen LogP contribution >= 0.6 is 0 Å². The lowest BCUT2D eigenvalue weighted by Crippen LogP contribution is -2.07. The highest BCUT2D eigenvalue weighted by molar-refractivity contribution is 5.86. The van der Waals surface area contributed by atoms with Crippen molar-refractivity contribution in [3.63, 3.8) is 0 Å². The van der Waals surface area contributed by atoms with Gasteiger partial charge in [0.15, 0.2) is 0 Å². The molecule has 0 saturated heterocycles. The van der Waals surface area contributed by atoms with Gasteiger partial charge in [-0.05, 0) is 18.9 Å². The average Bonchev–Trinajstić information content (AvgIpc) is 2.25. The Morgan fingerprint density at radius 1 is 1.40 bits per heavy atom. The summed E-state index contributed by atoms with van der Waals surface area (Å²) >= 11 is 0. The third-order valence-electron chi connectivity index (χ3n) is 1.90. The number of benzene rings is 1. The van der Waals surface area contributed by atoms with Gasteiger partial charge in [0.25, 0.3) is 0 Å². The van der Waals surface area contributed by atoms with Gasteiger partial charge in [-0.2, -0.15) is 0 Å². The van der Waals surface area contributed by atoms with E-state index in [-0.39, 0.29) is 5.97 Å². The molecule has 0 unspecified atom stereocenters. The van der Waals surface area contributed by atoms with Crippen molar-refractivity contribution >= 4 is 5.97 Å². The van der Waals surface area contributed by atoms with Gasteiger partial charge in [-0.1, -0.05) is 36.9 Å². The summed E-state index contributed by atoms with van der Waals surface area (Å²) in [5.41, 5.74) is 1.65. The summed E-state index contributed by atoms with van der Waals surface area (Å²) in [4.78, 5) is 11.0. The van der Waals surface area contributed by atoms with Gasteiger partial charge in [-0.3, -0.25) is 0 Å². The summed E-state index contributed by atoms with van der Waals surface area (Å²) in [5, 5.41) is 0. The maximum Gasteiger partial charge on any atom is 0.333 e. The van der Waals surface area contributed by atoms with E-state index in [1.165, 1.54) is 5.56 Å². The van der Waals surface area contributed by atoms with E-state index in [0.29, 0.717) is 12.2 Å². The highest BCUT2D eigenvalue weighted by atomic mass is 16.5. The molecule has 0 atom stereocenters. The van der Waals surface area contributed by atoms with Crippen LogP contribution in [0.5, 0.6) is 0 Å². The molecule has 0 aliphatic rings. The predicted molar refractivity (Wildman–Crippen MR) is 60.2 cm³/mol. The van der Waals surface area contributed by atoms with Crippen molar-refractivity contribution in [3.8, 4) is 0 Å². The molecule has 1 aromatic carbocycles. The van der Waals surface area contributed by atoms with Crippen LogP contribution in [-0.4, -0.2) is 12.6 Å². The summed E-state index contributed by atoms with van der Waals surface area (Å²) in [6.45, 7) is 5.48. The van der Waals surface area contributed by atoms with Crippen molar-refractivity contribution < 1.29 is 9.53 Å². The fraction of sp³-hybridized carbons (Fsp3) is 0.231. The van der Waals surface area contributed by atoms with E-state index in [1.54, 1.807) is 6.92 Å². The molecule has 79 valence electrons. The zero-order chi connectivity index (χ0) is 11.1. The van der Waals surface area contributed by atoms with Crippen molar-refractivity contribution in [1.82, 2.24) is 0 Å². The van der Waals surface area contributed by atoms with E-state index >= 15 is 0 Å². The molecule has 15 heavy (non-hydrogen) atoms. The second kappa shape index (κ2) is 6.02. The monoisotopic (exact) mass is 203 g/mol. The maximum atomic E-state index is 11.0. The van der Waals surface area contributed by atoms with E-state index in [1.807, 2.05) is 36.8 Å². The Balaban J connectivity index is 2.18. The van der Waals surface area contributed by atoms with Gasteiger partial charge >= 0.3 is 5.97 Å². The summed E-state index contributed by atoms with van der Waals surface area (Å²) in [5.74, 6) is -0.334. The van der Waals surface area contributed by atoms with E-state index in [9.17, 15) is 4.79 Å². The third-order valence-corrected chi connectivity index (χ3v) is 1.90. The van der Waals surface area contributed by atoms with Crippen molar-refractivity contribution in [3.05, 3.63) is 54.5 Å². The molecule has 1 radical (unpaired) electrons. The molecule has 0 saturated carbocycles. The highest BCUT2D eigenvalue weighted by Crippen LogP contribution is 2.02. The molecule has 2 heteroatoms. The van der Waals surface area contributed by atoms with Gasteiger partial charge < -0.3 is 4.74 Å². The van der Waals surface area contributed by atoms with Crippen LogP contribution in [0.2, 0.25) is 0 Å². The zero-order valence-corrected chi connectivity index (χ0v) is 8.90. The third kappa shape index (κ3) is 4.45. The molecular formula is C13H15O2. The molecule has 0 spiro atoms. The largest absolute Gasteiger partial charge is 0.462 e. The molecular weight excluding hydrogens is 188 g/mol. The first-order valence-electron chi connectivity index (χ1n) is 4.88. The van der Waals surface area contributed by atoms with Crippen molar-refractivity contribution in [1.29, 1.82) is 0 Å². The van der Waals surface area contributed by atoms with Crippen LogP contribution in [0.25, 0.3) is 0 Å². The molecule has 0 amide bonds. The minimum Gasteiger partial charge on any atom is -0.462 e. The Labute approximate surface area is 90.6 Å². The lowest BCUT2D eigenvalue weighted by atomic mass is 10.1. The van der Waals surface area contributed by atoms with Crippen LogP contribution in [-0.2, 0) is 16.0 Å². The average molecular weight is 203 g/mol. The zero-order valence-electron chi connectivity index (χ0n) is 8.90. The fourth-order valence-electron chi connectivity index (χ4n) is 1.10. The minimum absolute atomic E-state index is 0.334. The van der Waals surface area contributed by atoms with Gasteiger partial charge in [0, 0.05) is 12.0 Å². The fourth-order valence-corrected chi connectivity index (χ4v) is 1.10. The number of esters is 1. The smallest absolute Gasteiger partial charge is 0.333 e. The van der Waals surface area contributed by atoms with Gasteiger partial charge in [-0.25, -0.2) is 4.79 Å². The van der Waals surface area contributed by atoms with Crippen LogP contribution in [0.15, 0.2) is 42.5 Å². The lowest BCUT2D eigenvalue weighted by Gasteiger charge is -2.03. The Bertz CT molecular complexity index is 328. The highest BCUT2D eigenvalue weighted by Gasteiger charge is 2.01. The van der Waals surface area contributed by atoms with Crippen LogP contribution < -0.4 is 0 Å². The lowest BCUT2D eigenvalue weighted by molar-refractivity contribution is -0.138. The van der Waals surface area contributed by atoms with E-state index in [0.717, 1.165) is 6.42 Å². The van der Waals surface area contributed by atoms with Crippen LogP contribution in [0.3, 0.4) is 0 Å². The van der Waals surface area contributed by atoms with Crippen molar-refractivity contribution in [2.24, 2.45) is 0 Å². The Morgan fingerprint density at radius 2 is 2.07 bits per heavy atom. The van der Waals surface area contributed by atoms with Crippen molar-refractivity contribution in [2.75, 3.05) is 6.61 Å². The topological polar surface area (TPSA) is 26.3 Å². The van der Waals surface area contributed by atoms with Crippen LogP contribution in [0.1, 0.15) is 12.5 Å². The predicted octanol–water partition coefficient (Wildman–Crippen LogP) is 2.55. The number of ether oxygens (including phenoxy) is 1. The molecule has 1 rings (SSSR count). The molecule has 0 aliphatic carbocycles. The number of hydrogen-bond donors (Lipinski definition) is 0. The summed E-state index contributed by atoms with van der Waals surface area (Å²) in [7, 11) is 0.